The lowest BCUT2D eigenvalue weighted by molar-refractivity contribution is -0.127. The molecule has 0 radical (unpaired) electrons. The molecule has 8 heteroatoms. The molecule has 0 unspecified atom stereocenters. The van der Waals surface area contributed by atoms with Gasteiger partial charge >= 0.3 is 0 Å². The molecule has 0 spiro atoms. The fourth-order valence-corrected chi connectivity index (χ4v) is 5.61. The molecule has 3 atom stereocenters. The van der Waals surface area contributed by atoms with Gasteiger partial charge < -0.3 is 9.84 Å². The van der Waals surface area contributed by atoms with E-state index in [1.807, 2.05) is 0 Å². The third-order valence-electron chi connectivity index (χ3n) is 5.59. The number of halogens is 4. The molecule has 1 aliphatic heterocycles. The van der Waals surface area contributed by atoms with Crippen LogP contribution in [0.1, 0.15) is 12.0 Å². The van der Waals surface area contributed by atoms with Crippen LogP contribution in [0, 0.1) is 5.92 Å². The number of carbonyl (C=O) groups is 2. The van der Waals surface area contributed by atoms with Gasteiger partial charge in [0, 0.05) is 17.9 Å². The lowest BCUT2D eigenvalue weighted by Gasteiger charge is -2.50. The Hall–Kier alpha value is -1.72. The molecule has 0 saturated heterocycles. The van der Waals surface area contributed by atoms with Crippen LogP contribution in [0.5, 0.6) is 11.5 Å². The normalized spacial score (nSPS) is 31.4. The molecule has 0 saturated carbocycles. The van der Waals surface area contributed by atoms with E-state index >= 15 is 0 Å². The van der Waals surface area contributed by atoms with Crippen LogP contribution in [0.2, 0.25) is 0 Å². The number of Topliss-reactive ketones (excluding diaryl/α,β-unsaturated/α-hetero) is 2. The number of benzene rings is 1. The van der Waals surface area contributed by atoms with Crippen LogP contribution in [0.15, 0.2) is 64.4 Å². The molecular weight excluding hydrogens is 458 g/mol. The number of ketones is 2. The number of hydrogen-bond donors (Lipinski definition) is 1. The first-order chi connectivity index (χ1) is 13.6. The summed E-state index contributed by atoms with van der Waals surface area (Å²) in [5.41, 5.74) is 1.92. The lowest BCUT2D eigenvalue weighted by Crippen LogP contribution is -2.65. The minimum atomic E-state index is -1.91. The maximum Gasteiger partial charge on any atom is 0.199 e. The van der Waals surface area contributed by atoms with E-state index in [1.165, 1.54) is 12.3 Å². The van der Waals surface area contributed by atoms with Crippen molar-refractivity contribution in [2.75, 3.05) is 0 Å². The highest BCUT2D eigenvalue weighted by Gasteiger charge is 2.68. The summed E-state index contributed by atoms with van der Waals surface area (Å²) in [4.78, 5) is 22.5. The van der Waals surface area contributed by atoms with Crippen LogP contribution >= 0.6 is 46.4 Å². The summed E-state index contributed by atoms with van der Waals surface area (Å²) in [5.74, 6) is -1.61. The highest BCUT2D eigenvalue weighted by Crippen LogP contribution is 2.59. The van der Waals surface area contributed by atoms with Gasteiger partial charge in [0.05, 0.1) is 6.26 Å². The number of phenols is 1. The smallest absolute Gasteiger partial charge is 0.199 e. The molecule has 150 valence electrons. The second-order valence-corrected chi connectivity index (χ2v) is 9.12. The van der Waals surface area contributed by atoms with Gasteiger partial charge in [-0.25, -0.2) is 0 Å². The fraction of sp³-hybridized carbons (Fsp3) is 0.238. The third-order valence-corrected chi connectivity index (χ3v) is 7.84. The van der Waals surface area contributed by atoms with Crippen molar-refractivity contribution in [1.29, 1.82) is 0 Å². The van der Waals surface area contributed by atoms with Gasteiger partial charge in [0.15, 0.2) is 11.6 Å². The molecular formula is C21H14Cl4O4. The Bertz CT molecular complexity index is 1070. The first-order valence-corrected chi connectivity index (χ1v) is 10.2. The van der Waals surface area contributed by atoms with Crippen LogP contribution in [0.3, 0.4) is 0 Å². The maximum atomic E-state index is 13.2. The highest BCUT2D eigenvalue weighted by molar-refractivity contribution is 6.66. The predicted molar refractivity (Wildman–Crippen MR) is 113 cm³/mol. The average molecular weight is 472 g/mol. The number of phenolic OH excluding ortho intramolecular Hbond substituents is 1. The molecule has 1 heterocycles. The highest BCUT2D eigenvalue weighted by atomic mass is 35.5. The topological polar surface area (TPSA) is 63.6 Å². The Labute approximate surface area is 187 Å². The maximum absolute atomic E-state index is 13.2. The number of hydrogen-bond acceptors (Lipinski definition) is 4. The molecule has 0 bridgehead atoms. The quantitative estimate of drug-likeness (QED) is 0.606. The summed E-state index contributed by atoms with van der Waals surface area (Å²) >= 11 is 25.7. The van der Waals surface area contributed by atoms with Gasteiger partial charge in [0.1, 0.15) is 31.3 Å². The monoisotopic (exact) mass is 470 g/mol. The van der Waals surface area contributed by atoms with E-state index in [9.17, 15) is 14.7 Å². The van der Waals surface area contributed by atoms with Gasteiger partial charge in [-0.15, -0.1) is 23.2 Å². The SMILES string of the molecule is C=CC1=CC[C@@]2(Cl)C(=O)C(Cl)=C(Cl)C(=O)[C@@]2(Cl)[C@H]1C1=COc2ccc(O)cc2C1. The van der Waals surface area contributed by atoms with Gasteiger partial charge in [0.2, 0.25) is 0 Å². The van der Waals surface area contributed by atoms with Crippen LogP contribution in [0.25, 0.3) is 0 Å². The number of allylic oxidation sites excluding steroid dienone is 6. The zero-order valence-electron chi connectivity index (χ0n) is 14.8. The van der Waals surface area contributed by atoms with Gasteiger partial charge in [0.25, 0.3) is 0 Å². The van der Waals surface area contributed by atoms with Crippen molar-refractivity contribution in [2.45, 2.75) is 22.6 Å². The summed E-state index contributed by atoms with van der Waals surface area (Å²) < 4.78 is 5.70. The van der Waals surface area contributed by atoms with Crippen molar-refractivity contribution >= 4 is 58.0 Å². The van der Waals surface area contributed by atoms with Gasteiger partial charge in [-0.3, -0.25) is 9.59 Å². The summed E-state index contributed by atoms with van der Waals surface area (Å²) in [6.07, 6.45) is 5.08. The average Bonchev–Trinajstić information content (AvgIpc) is 2.71. The molecule has 2 aliphatic carbocycles. The first kappa shape index (κ1) is 20.5. The van der Waals surface area contributed by atoms with E-state index in [-0.39, 0.29) is 12.2 Å². The Kier molecular flexibility index (Phi) is 4.90. The minimum Gasteiger partial charge on any atom is -0.508 e. The number of alkyl halides is 2. The molecule has 1 N–H and O–H groups in total. The minimum absolute atomic E-state index is 0.00756. The fourth-order valence-electron chi connectivity index (χ4n) is 4.15. The molecule has 29 heavy (non-hydrogen) atoms. The van der Waals surface area contributed by atoms with Crippen molar-refractivity contribution in [3.8, 4) is 11.5 Å². The van der Waals surface area contributed by atoms with Crippen LogP contribution < -0.4 is 4.74 Å². The first-order valence-electron chi connectivity index (χ1n) is 8.67. The Morgan fingerprint density at radius 1 is 1.17 bits per heavy atom. The van der Waals surface area contributed by atoms with E-state index < -0.39 is 37.3 Å². The van der Waals surface area contributed by atoms with E-state index in [0.29, 0.717) is 28.9 Å². The van der Waals surface area contributed by atoms with Crippen molar-refractivity contribution in [3.63, 3.8) is 0 Å². The second-order valence-electron chi connectivity index (χ2n) is 7.12. The summed E-state index contributed by atoms with van der Waals surface area (Å²) in [6.45, 7) is 3.81. The van der Waals surface area contributed by atoms with E-state index in [1.54, 1.807) is 24.3 Å². The van der Waals surface area contributed by atoms with Crippen molar-refractivity contribution in [2.24, 2.45) is 5.92 Å². The number of rotatable bonds is 2. The third kappa shape index (κ3) is 2.73. The number of aromatic hydroxyl groups is 1. The van der Waals surface area contributed by atoms with Crippen molar-refractivity contribution in [3.05, 3.63) is 70.0 Å². The molecule has 0 amide bonds. The Morgan fingerprint density at radius 2 is 1.86 bits per heavy atom. The summed E-state index contributed by atoms with van der Waals surface area (Å²) in [6, 6.07) is 4.71. The van der Waals surface area contributed by atoms with Crippen molar-refractivity contribution in [1.82, 2.24) is 0 Å². The number of fused-ring (bicyclic) bond motifs is 2. The lowest BCUT2D eigenvalue weighted by atomic mass is 9.62. The van der Waals surface area contributed by atoms with Crippen LogP contribution in [0.4, 0.5) is 0 Å². The van der Waals surface area contributed by atoms with Gasteiger partial charge in [-0.1, -0.05) is 41.9 Å². The van der Waals surface area contributed by atoms with Gasteiger partial charge in [-0.05, 0) is 35.8 Å². The molecule has 3 aliphatic rings. The standard InChI is InChI=1S/C21H14Cl4O4/c1-2-10-5-6-20(24)18(27)16(22)17(23)19(28)21(20,25)15(10)12-7-11-8-13(26)3-4-14(11)29-9-12/h2-5,8-9,15,26H,1,6-7H2/t15-,20-,21+/m1/s1. The van der Waals surface area contributed by atoms with E-state index in [0.717, 1.165) is 0 Å². The predicted octanol–water partition coefficient (Wildman–Crippen LogP) is 5.14. The number of carbonyl (C=O) groups excluding carboxylic acids is 2. The van der Waals surface area contributed by atoms with E-state index in [4.69, 9.17) is 51.1 Å². The summed E-state index contributed by atoms with van der Waals surface area (Å²) in [5, 5.41) is 8.96. The second kappa shape index (κ2) is 6.92. The summed E-state index contributed by atoms with van der Waals surface area (Å²) in [7, 11) is 0. The Balaban J connectivity index is 1.89. The molecule has 0 fully saturated rings. The van der Waals surface area contributed by atoms with Crippen LogP contribution in [-0.4, -0.2) is 26.4 Å². The van der Waals surface area contributed by atoms with Gasteiger partial charge in [-0.2, -0.15) is 0 Å². The van der Waals surface area contributed by atoms with Crippen molar-refractivity contribution < 1.29 is 19.4 Å². The zero-order valence-corrected chi connectivity index (χ0v) is 17.9. The zero-order chi connectivity index (χ0) is 21.1. The molecule has 0 aromatic heterocycles. The van der Waals surface area contributed by atoms with E-state index in [2.05, 4.69) is 6.58 Å². The molecule has 1 aromatic carbocycles. The number of ether oxygens (including phenoxy) is 1. The van der Waals surface area contributed by atoms with Crippen LogP contribution in [-0.2, 0) is 16.0 Å². The Morgan fingerprint density at radius 3 is 2.55 bits per heavy atom. The molecule has 4 nitrogen and oxygen atoms in total. The largest absolute Gasteiger partial charge is 0.508 e. The molecule has 1 aromatic rings. The molecule has 4 rings (SSSR count).